The summed E-state index contributed by atoms with van der Waals surface area (Å²) < 4.78 is 16.1. The molecule has 5 aromatic rings. The van der Waals surface area contributed by atoms with Gasteiger partial charge in [0.25, 0.3) is 0 Å². The van der Waals surface area contributed by atoms with Crippen LogP contribution in [0.3, 0.4) is 0 Å². The molecule has 0 radical (unpaired) electrons. The quantitative estimate of drug-likeness (QED) is 0.296. The van der Waals surface area contributed by atoms with Crippen LogP contribution in [0.5, 0.6) is 0 Å². The zero-order valence-corrected chi connectivity index (χ0v) is 16.2. The lowest BCUT2D eigenvalue weighted by molar-refractivity contribution is 0.628. The summed E-state index contributed by atoms with van der Waals surface area (Å²) in [6.45, 7) is 0. The SMILES string of the molecule is Fc1ccc(-c2nccc3cc4sc5cc6c(cc5c4cc23)CCCC6)cc1. The van der Waals surface area contributed by atoms with Crippen molar-refractivity contribution in [1.29, 1.82) is 0 Å². The molecule has 0 unspecified atom stereocenters. The van der Waals surface area contributed by atoms with Crippen molar-refractivity contribution in [2.45, 2.75) is 25.7 Å². The Balaban J connectivity index is 1.65. The van der Waals surface area contributed by atoms with Crippen LogP contribution < -0.4 is 0 Å². The summed E-state index contributed by atoms with van der Waals surface area (Å²) in [5.74, 6) is -0.222. The first-order valence-corrected chi connectivity index (χ1v) is 10.6. The van der Waals surface area contributed by atoms with Crippen molar-refractivity contribution in [2.75, 3.05) is 0 Å². The molecule has 136 valence electrons. The van der Waals surface area contributed by atoms with Crippen LogP contribution in [0.1, 0.15) is 24.0 Å². The molecule has 1 nitrogen and oxygen atoms in total. The van der Waals surface area contributed by atoms with Crippen LogP contribution in [-0.2, 0) is 12.8 Å². The molecule has 0 saturated heterocycles. The number of aromatic nitrogens is 1. The van der Waals surface area contributed by atoms with E-state index in [4.69, 9.17) is 0 Å². The fourth-order valence-electron chi connectivity index (χ4n) is 4.51. The van der Waals surface area contributed by atoms with Crippen LogP contribution >= 0.6 is 11.3 Å². The molecule has 1 aliphatic carbocycles. The number of hydrogen-bond acceptors (Lipinski definition) is 2. The van der Waals surface area contributed by atoms with Gasteiger partial charge in [-0.1, -0.05) is 0 Å². The summed E-state index contributed by atoms with van der Waals surface area (Å²) in [5.41, 5.74) is 4.91. The van der Waals surface area contributed by atoms with Crippen LogP contribution in [0.25, 0.3) is 42.2 Å². The second kappa shape index (κ2) is 6.11. The number of aryl methyl sites for hydroxylation is 2. The van der Waals surface area contributed by atoms with Crippen LogP contribution in [-0.4, -0.2) is 4.98 Å². The van der Waals surface area contributed by atoms with Crippen LogP contribution in [0.4, 0.5) is 4.39 Å². The molecule has 0 spiro atoms. The van der Waals surface area contributed by atoms with Gasteiger partial charge in [0, 0.05) is 37.3 Å². The van der Waals surface area contributed by atoms with Crippen LogP contribution in [0.2, 0.25) is 0 Å². The predicted octanol–water partition coefficient (Wildman–Crippen LogP) is 7.29. The number of halogens is 1. The topological polar surface area (TPSA) is 12.9 Å². The molecule has 2 heterocycles. The first-order chi connectivity index (χ1) is 13.8. The molecule has 28 heavy (non-hydrogen) atoms. The zero-order chi connectivity index (χ0) is 18.7. The number of pyridine rings is 1. The summed E-state index contributed by atoms with van der Waals surface area (Å²) in [5, 5.41) is 4.96. The molecule has 2 aromatic heterocycles. The van der Waals surface area contributed by atoms with Crippen LogP contribution in [0.15, 0.2) is 60.8 Å². The fraction of sp³-hybridized carbons (Fsp3) is 0.160. The van der Waals surface area contributed by atoms with Crippen molar-refractivity contribution < 1.29 is 4.39 Å². The van der Waals surface area contributed by atoms with Gasteiger partial charge in [0.05, 0.1) is 5.69 Å². The van der Waals surface area contributed by atoms with E-state index in [1.807, 2.05) is 29.7 Å². The fourth-order valence-corrected chi connectivity index (χ4v) is 5.69. The lowest BCUT2D eigenvalue weighted by Crippen LogP contribution is -2.01. The Morgan fingerprint density at radius 1 is 0.750 bits per heavy atom. The molecular weight excluding hydrogens is 365 g/mol. The molecule has 0 atom stereocenters. The third-order valence-electron chi connectivity index (χ3n) is 5.94. The summed E-state index contributed by atoms with van der Waals surface area (Å²) in [6, 6.07) is 18.1. The largest absolute Gasteiger partial charge is 0.256 e. The Morgan fingerprint density at radius 3 is 2.29 bits per heavy atom. The Hall–Kier alpha value is -2.78. The Labute approximate surface area is 166 Å². The molecule has 1 aliphatic rings. The normalized spacial score (nSPS) is 14.0. The van der Waals surface area contributed by atoms with Gasteiger partial charge in [-0.2, -0.15) is 0 Å². The maximum absolute atomic E-state index is 13.4. The van der Waals surface area contributed by atoms with Gasteiger partial charge in [-0.25, -0.2) is 4.39 Å². The second-order valence-electron chi connectivity index (χ2n) is 7.66. The van der Waals surface area contributed by atoms with E-state index in [1.54, 1.807) is 0 Å². The minimum atomic E-state index is -0.222. The summed E-state index contributed by atoms with van der Waals surface area (Å²) in [4.78, 5) is 4.63. The van der Waals surface area contributed by atoms with E-state index in [1.165, 1.54) is 74.5 Å². The number of fused-ring (bicyclic) bond motifs is 5. The number of hydrogen-bond donors (Lipinski definition) is 0. The lowest BCUT2D eigenvalue weighted by atomic mass is 9.90. The minimum Gasteiger partial charge on any atom is -0.256 e. The van der Waals surface area contributed by atoms with Crippen molar-refractivity contribution in [3.63, 3.8) is 0 Å². The van der Waals surface area contributed by atoms with Crippen molar-refractivity contribution in [2.24, 2.45) is 0 Å². The van der Waals surface area contributed by atoms with Gasteiger partial charge in [0.2, 0.25) is 0 Å². The predicted molar refractivity (Wildman–Crippen MR) is 117 cm³/mol. The zero-order valence-electron chi connectivity index (χ0n) is 15.3. The van der Waals surface area contributed by atoms with E-state index in [2.05, 4.69) is 35.3 Å². The number of benzene rings is 3. The third kappa shape index (κ3) is 2.46. The second-order valence-corrected chi connectivity index (χ2v) is 8.75. The van der Waals surface area contributed by atoms with E-state index < -0.39 is 0 Å². The van der Waals surface area contributed by atoms with Crippen LogP contribution in [0, 0.1) is 5.82 Å². The van der Waals surface area contributed by atoms with Gasteiger partial charge in [-0.3, -0.25) is 4.98 Å². The van der Waals surface area contributed by atoms with Crippen molar-refractivity contribution in [1.82, 2.24) is 4.98 Å². The molecule has 0 N–H and O–H groups in total. The molecule has 0 amide bonds. The average Bonchev–Trinajstić information content (AvgIpc) is 3.07. The van der Waals surface area contributed by atoms with Gasteiger partial charge in [0.1, 0.15) is 5.82 Å². The number of nitrogens with zero attached hydrogens (tertiary/aromatic N) is 1. The van der Waals surface area contributed by atoms with Gasteiger partial charge in [0.15, 0.2) is 0 Å². The van der Waals surface area contributed by atoms with E-state index in [0.29, 0.717) is 0 Å². The molecule has 3 heteroatoms. The van der Waals surface area contributed by atoms with Gasteiger partial charge in [-0.15, -0.1) is 11.3 Å². The maximum atomic E-state index is 13.4. The van der Waals surface area contributed by atoms with Crippen molar-refractivity contribution in [3.8, 4) is 11.3 Å². The first kappa shape index (κ1) is 16.2. The molecule has 6 rings (SSSR count). The summed E-state index contributed by atoms with van der Waals surface area (Å²) in [7, 11) is 0. The molecular formula is C25H18FNS. The first-order valence-electron chi connectivity index (χ1n) is 9.79. The van der Waals surface area contributed by atoms with Gasteiger partial charge < -0.3 is 0 Å². The standard InChI is InChI=1S/C25H18FNS/c26-19-7-5-15(6-8-19)25-20-14-22-21-11-16-3-1-2-4-17(16)12-23(21)28-24(22)13-18(20)9-10-27-25/h5-14H,1-4H2. The summed E-state index contributed by atoms with van der Waals surface area (Å²) in [6.07, 6.45) is 6.85. The van der Waals surface area contributed by atoms with Crippen molar-refractivity contribution >= 4 is 42.3 Å². The van der Waals surface area contributed by atoms with E-state index in [0.717, 1.165) is 16.6 Å². The van der Waals surface area contributed by atoms with E-state index in [9.17, 15) is 4.39 Å². The third-order valence-corrected chi connectivity index (χ3v) is 7.05. The highest BCUT2D eigenvalue weighted by Crippen LogP contribution is 2.40. The Bertz CT molecular complexity index is 1370. The average molecular weight is 383 g/mol. The molecule has 0 saturated carbocycles. The number of rotatable bonds is 1. The Kier molecular flexibility index (Phi) is 3.54. The smallest absolute Gasteiger partial charge is 0.123 e. The van der Waals surface area contributed by atoms with E-state index in [-0.39, 0.29) is 5.82 Å². The molecule has 0 aliphatic heterocycles. The highest BCUT2D eigenvalue weighted by molar-refractivity contribution is 7.25. The van der Waals surface area contributed by atoms with Crippen molar-refractivity contribution in [3.05, 3.63) is 77.7 Å². The molecule has 0 bridgehead atoms. The monoisotopic (exact) mass is 383 g/mol. The summed E-state index contributed by atoms with van der Waals surface area (Å²) >= 11 is 1.88. The lowest BCUT2D eigenvalue weighted by Gasteiger charge is -2.15. The maximum Gasteiger partial charge on any atom is 0.123 e. The van der Waals surface area contributed by atoms with E-state index >= 15 is 0 Å². The highest BCUT2D eigenvalue weighted by Gasteiger charge is 2.15. The van der Waals surface area contributed by atoms with Gasteiger partial charge >= 0.3 is 0 Å². The molecule has 3 aromatic carbocycles. The molecule has 0 fully saturated rings. The Morgan fingerprint density at radius 2 is 1.46 bits per heavy atom. The minimum absolute atomic E-state index is 0.222. The highest BCUT2D eigenvalue weighted by atomic mass is 32.1. The van der Waals surface area contributed by atoms with Gasteiger partial charge in [-0.05, 0) is 96.8 Å². The number of thiophene rings is 1.